The third kappa shape index (κ3) is 1.03. The SMILES string of the molecule is Cc1ncnc2nc(C3CCC3)[nH]c12. The van der Waals surface area contributed by atoms with Gasteiger partial charge in [-0.2, -0.15) is 0 Å². The van der Waals surface area contributed by atoms with E-state index >= 15 is 0 Å². The molecule has 1 fully saturated rings. The fourth-order valence-electron chi connectivity index (χ4n) is 1.84. The predicted molar refractivity (Wildman–Crippen MR) is 53.0 cm³/mol. The van der Waals surface area contributed by atoms with E-state index in [-0.39, 0.29) is 0 Å². The molecule has 2 heterocycles. The molecule has 2 aromatic heterocycles. The van der Waals surface area contributed by atoms with E-state index in [1.165, 1.54) is 19.3 Å². The third-order valence-electron chi connectivity index (χ3n) is 2.99. The molecule has 1 aliphatic rings. The largest absolute Gasteiger partial charge is 0.339 e. The number of nitrogens with one attached hydrogen (secondary N) is 1. The van der Waals surface area contributed by atoms with Crippen LogP contribution in [0.5, 0.6) is 0 Å². The lowest BCUT2D eigenvalue weighted by molar-refractivity contribution is 0.404. The van der Waals surface area contributed by atoms with Crippen molar-refractivity contribution in [2.24, 2.45) is 0 Å². The van der Waals surface area contributed by atoms with E-state index in [9.17, 15) is 0 Å². The molecule has 14 heavy (non-hydrogen) atoms. The van der Waals surface area contributed by atoms with Gasteiger partial charge in [0.05, 0.1) is 5.69 Å². The average Bonchev–Trinajstić information content (AvgIpc) is 2.46. The van der Waals surface area contributed by atoms with Gasteiger partial charge in [0.15, 0.2) is 5.65 Å². The summed E-state index contributed by atoms with van der Waals surface area (Å²) in [5.74, 6) is 1.72. The van der Waals surface area contributed by atoms with Crippen molar-refractivity contribution in [3.8, 4) is 0 Å². The summed E-state index contributed by atoms with van der Waals surface area (Å²) >= 11 is 0. The van der Waals surface area contributed by atoms with Gasteiger partial charge < -0.3 is 4.98 Å². The summed E-state index contributed by atoms with van der Waals surface area (Å²) in [4.78, 5) is 16.1. The maximum absolute atomic E-state index is 4.49. The molecular weight excluding hydrogens is 176 g/mol. The Bertz CT molecular complexity index is 470. The van der Waals surface area contributed by atoms with Gasteiger partial charge in [0.25, 0.3) is 0 Å². The second-order valence-corrected chi connectivity index (χ2v) is 3.91. The van der Waals surface area contributed by atoms with Gasteiger partial charge >= 0.3 is 0 Å². The predicted octanol–water partition coefficient (Wildman–Crippen LogP) is 1.93. The molecule has 0 radical (unpaired) electrons. The molecule has 0 saturated heterocycles. The molecule has 4 heteroatoms. The summed E-state index contributed by atoms with van der Waals surface area (Å²) in [7, 11) is 0. The number of hydrogen-bond donors (Lipinski definition) is 1. The van der Waals surface area contributed by atoms with Crippen LogP contribution in [0, 0.1) is 6.92 Å². The molecule has 3 rings (SSSR count). The van der Waals surface area contributed by atoms with Crippen LogP contribution in [0.15, 0.2) is 6.33 Å². The Morgan fingerprint density at radius 3 is 2.86 bits per heavy atom. The Morgan fingerprint density at radius 2 is 2.21 bits per heavy atom. The zero-order valence-electron chi connectivity index (χ0n) is 8.12. The van der Waals surface area contributed by atoms with Gasteiger partial charge in [0, 0.05) is 5.92 Å². The fourth-order valence-corrected chi connectivity index (χ4v) is 1.84. The number of H-pyrrole nitrogens is 1. The Balaban J connectivity index is 2.15. The van der Waals surface area contributed by atoms with Crippen molar-refractivity contribution in [3.63, 3.8) is 0 Å². The number of fused-ring (bicyclic) bond motifs is 1. The van der Waals surface area contributed by atoms with Gasteiger partial charge in [-0.05, 0) is 19.8 Å². The first-order valence-electron chi connectivity index (χ1n) is 5.02. The molecule has 0 spiro atoms. The van der Waals surface area contributed by atoms with E-state index in [1.54, 1.807) is 6.33 Å². The fraction of sp³-hybridized carbons (Fsp3) is 0.500. The molecule has 72 valence electrons. The monoisotopic (exact) mass is 188 g/mol. The average molecular weight is 188 g/mol. The summed E-state index contributed by atoms with van der Waals surface area (Å²) in [5, 5.41) is 0. The van der Waals surface area contributed by atoms with E-state index in [0.717, 1.165) is 22.7 Å². The standard InChI is InChI=1S/C10H12N4/c1-6-8-10(12-5-11-6)14-9(13-8)7-3-2-4-7/h5,7H,2-4H2,1H3,(H,11,12,13,14). The molecule has 0 atom stereocenters. The van der Waals surface area contributed by atoms with Crippen LogP contribution in [0.3, 0.4) is 0 Å². The highest BCUT2D eigenvalue weighted by molar-refractivity contribution is 5.72. The van der Waals surface area contributed by atoms with Crippen LogP contribution < -0.4 is 0 Å². The van der Waals surface area contributed by atoms with Gasteiger partial charge in [0.2, 0.25) is 0 Å². The van der Waals surface area contributed by atoms with Crippen LogP contribution in [0.4, 0.5) is 0 Å². The van der Waals surface area contributed by atoms with Gasteiger partial charge in [-0.1, -0.05) is 6.42 Å². The number of imidazole rings is 1. The van der Waals surface area contributed by atoms with Crippen LogP contribution in [-0.4, -0.2) is 19.9 Å². The van der Waals surface area contributed by atoms with Gasteiger partial charge in [0.1, 0.15) is 17.7 Å². The number of hydrogen-bond acceptors (Lipinski definition) is 3. The minimum atomic E-state index is 0.628. The topological polar surface area (TPSA) is 54.5 Å². The Kier molecular flexibility index (Phi) is 1.56. The highest BCUT2D eigenvalue weighted by atomic mass is 15.0. The zero-order valence-corrected chi connectivity index (χ0v) is 8.12. The molecule has 0 amide bonds. The third-order valence-corrected chi connectivity index (χ3v) is 2.99. The van der Waals surface area contributed by atoms with Crippen molar-refractivity contribution in [1.29, 1.82) is 0 Å². The maximum atomic E-state index is 4.49. The van der Waals surface area contributed by atoms with Crippen molar-refractivity contribution in [3.05, 3.63) is 17.8 Å². The number of rotatable bonds is 1. The molecular formula is C10H12N4. The van der Waals surface area contributed by atoms with Crippen LogP contribution in [0.1, 0.15) is 36.7 Å². The molecule has 4 nitrogen and oxygen atoms in total. The van der Waals surface area contributed by atoms with Crippen molar-refractivity contribution < 1.29 is 0 Å². The second kappa shape index (κ2) is 2.77. The molecule has 1 aliphatic carbocycles. The highest BCUT2D eigenvalue weighted by Gasteiger charge is 2.23. The first-order valence-corrected chi connectivity index (χ1v) is 5.02. The Labute approximate surface area is 81.8 Å². The molecule has 1 N–H and O–H groups in total. The maximum Gasteiger partial charge on any atom is 0.181 e. The number of aromatic nitrogens is 4. The summed E-state index contributed by atoms with van der Waals surface area (Å²) in [6.45, 7) is 1.98. The lowest BCUT2D eigenvalue weighted by atomic mass is 9.85. The van der Waals surface area contributed by atoms with Gasteiger partial charge in [-0.3, -0.25) is 0 Å². The molecule has 2 aromatic rings. The molecule has 1 saturated carbocycles. The number of aryl methyl sites for hydroxylation is 1. The van der Waals surface area contributed by atoms with E-state index in [0.29, 0.717) is 5.92 Å². The second-order valence-electron chi connectivity index (χ2n) is 3.91. The summed E-state index contributed by atoms with van der Waals surface area (Å²) in [6, 6.07) is 0. The van der Waals surface area contributed by atoms with Crippen molar-refractivity contribution in [2.45, 2.75) is 32.1 Å². The molecule has 0 aromatic carbocycles. The first kappa shape index (κ1) is 7.91. The summed E-state index contributed by atoms with van der Waals surface area (Å²) in [5.41, 5.74) is 2.78. The molecule has 0 aliphatic heterocycles. The normalized spacial score (nSPS) is 17.2. The Morgan fingerprint density at radius 1 is 1.36 bits per heavy atom. The first-order chi connectivity index (χ1) is 6.84. The zero-order chi connectivity index (χ0) is 9.54. The summed E-state index contributed by atoms with van der Waals surface area (Å²) < 4.78 is 0. The van der Waals surface area contributed by atoms with Crippen LogP contribution in [0.2, 0.25) is 0 Å². The van der Waals surface area contributed by atoms with Crippen molar-refractivity contribution in [1.82, 2.24) is 19.9 Å². The van der Waals surface area contributed by atoms with E-state index in [1.807, 2.05) is 6.92 Å². The van der Waals surface area contributed by atoms with Gasteiger partial charge in [-0.25, -0.2) is 15.0 Å². The highest BCUT2D eigenvalue weighted by Crippen LogP contribution is 2.35. The smallest absolute Gasteiger partial charge is 0.181 e. The van der Waals surface area contributed by atoms with Crippen LogP contribution in [-0.2, 0) is 0 Å². The lowest BCUT2D eigenvalue weighted by Gasteiger charge is -2.22. The van der Waals surface area contributed by atoms with Crippen LogP contribution in [0.25, 0.3) is 11.2 Å². The Hall–Kier alpha value is -1.45. The van der Waals surface area contributed by atoms with Crippen molar-refractivity contribution >= 4 is 11.2 Å². The number of nitrogens with zero attached hydrogens (tertiary/aromatic N) is 3. The van der Waals surface area contributed by atoms with Crippen LogP contribution >= 0.6 is 0 Å². The minimum Gasteiger partial charge on any atom is -0.339 e. The van der Waals surface area contributed by atoms with Gasteiger partial charge in [-0.15, -0.1) is 0 Å². The van der Waals surface area contributed by atoms with E-state index < -0.39 is 0 Å². The van der Waals surface area contributed by atoms with Crippen molar-refractivity contribution in [2.75, 3.05) is 0 Å². The molecule has 0 bridgehead atoms. The quantitative estimate of drug-likeness (QED) is 0.744. The molecule has 0 unspecified atom stereocenters. The minimum absolute atomic E-state index is 0.628. The van der Waals surface area contributed by atoms with E-state index in [2.05, 4.69) is 19.9 Å². The summed E-state index contributed by atoms with van der Waals surface area (Å²) in [6.07, 6.45) is 5.41. The lowest BCUT2D eigenvalue weighted by Crippen LogP contribution is -2.10. The number of aromatic amines is 1. The van der Waals surface area contributed by atoms with E-state index in [4.69, 9.17) is 0 Å².